The topological polar surface area (TPSA) is 64.9 Å². The number of nitrogens with zero attached hydrogens (tertiary/aromatic N) is 4. The minimum Gasteiger partial charge on any atom is -0.383 e. The van der Waals surface area contributed by atoms with Gasteiger partial charge in [-0.05, 0) is 42.9 Å². The van der Waals surface area contributed by atoms with Gasteiger partial charge in [0.05, 0.1) is 46.9 Å². The van der Waals surface area contributed by atoms with Gasteiger partial charge in [-0.25, -0.2) is 0 Å². The fourth-order valence-corrected chi connectivity index (χ4v) is 2.84. The Morgan fingerprint density at radius 1 is 1.38 bits per heavy atom. The summed E-state index contributed by atoms with van der Waals surface area (Å²) >= 11 is 3.59. The highest BCUT2D eigenvalue weighted by Gasteiger charge is 2.22. The van der Waals surface area contributed by atoms with E-state index in [0.717, 1.165) is 27.1 Å². The summed E-state index contributed by atoms with van der Waals surface area (Å²) in [4.78, 5) is 0. The summed E-state index contributed by atoms with van der Waals surface area (Å²) in [5.74, 6) is 0. The molecule has 0 radical (unpaired) electrons. The van der Waals surface area contributed by atoms with Gasteiger partial charge in [0.15, 0.2) is 0 Å². The molecule has 0 aliphatic carbocycles. The molecular weight excluding hydrogens is 334 g/mol. The van der Waals surface area contributed by atoms with Crippen LogP contribution in [0.25, 0.3) is 0 Å². The van der Waals surface area contributed by atoms with Crippen LogP contribution in [0.1, 0.15) is 28.7 Å². The van der Waals surface area contributed by atoms with Gasteiger partial charge in [0.1, 0.15) is 0 Å². The van der Waals surface area contributed by atoms with Gasteiger partial charge in [0, 0.05) is 12.7 Å². The van der Waals surface area contributed by atoms with Crippen molar-refractivity contribution in [2.75, 3.05) is 20.8 Å². The van der Waals surface area contributed by atoms with E-state index in [-0.39, 0.29) is 6.04 Å². The van der Waals surface area contributed by atoms with Crippen molar-refractivity contribution in [1.29, 1.82) is 0 Å². The van der Waals surface area contributed by atoms with Crippen LogP contribution in [0.15, 0.2) is 16.7 Å². The molecular formula is C14H20BrN5O. The molecule has 0 spiro atoms. The van der Waals surface area contributed by atoms with Crippen molar-refractivity contribution < 1.29 is 4.74 Å². The van der Waals surface area contributed by atoms with E-state index in [0.29, 0.717) is 13.2 Å². The van der Waals surface area contributed by atoms with E-state index in [9.17, 15) is 0 Å². The molecule has 1 N–H and O–H groups in total. The number of ether oxygens (including phenoxy) is 1. The van der Waals surface area contributed by atoms with Gasteiger partial charge >= 0.3 is 0 Å². The monoisotopic (exact) mass is 353 g/mol. The third-order valence-electron chi connectivity index (χ3n) is 3.35. The Bertz CT molecular complexity index is 613. The largest absolute Gasteiger partial charge is 0.383 e. The lowest BCUT2D eigenvalue weighted by Gasteiger charge is -2.20. The molecule has 6 nitrogen and oxygen atoms in total. The molecule has 2 rings (SSSR count). The number of methoxy groups -OCH3 is 1. The van der Waals surface area contributed by atoms with Crippen LogP contribution >= 0.6 is 15.9 Å². The minimum absolute atomic E-state index is 0.00655. The van der Waals surface area contributed by atoms with Gasteiger partial charge in [-0.1, -0.05) is 0 Å². The lowest BCUT2D eigenvalue weighted by atomic mass is 10.0. The molecule has 2 heterocycles. The highest BCUT2D eigenvalue weighted by atomic mass is 79.9. The second-order valence-electron chi connectivity index (χ2n) is 4.84. The Morgan fingerprint density at radius 3 is 2.81 bits per heavy atom. The van der Waals surface area contributed by atoms with Crippen molar-refractivity contribution in [2.24, 2.45) is 0 Å². The maximum atomic E-state index is 5.15. The average molecular weight is 354 g/mol. The van der Waals surface area contributed by atoms with Crippen LogP contribution in [0.4, 0.5) is 0 Å². The fraction of sp³-hybridized carbons (Fsp3) is 0.500. The molecule has 2 aromatic heterocycles. The molecule has 7 heteroatoms. The molecule has 0 bridgehead atoms. The fourth-order valence-electron chi connectivity index (χ4n) is 2.32. The van der Waals surface area contributed by atoms with Gasteiger partial charge in [-0.3, -0.25) is 4.68 Å². The first-order valence-corrected chi connectivity index (χ1v) is 7.56. The van der Waals surface area contributed by atoms with Crippen molar-refractivity contribution in [3.63, 3.8) is 0 Å². The van der Waals surface area contributed by atoms with Crippen molar-refractivity contribution >= 4 is 15.9 Å². The van der Waals surface area contributed by atoms with Crippen LogP contribution in [0.2, 0.25) is 0 Å². The molecule has 0 aliphatic heterocycles. The van der Waals surface area contributed by atoms with Gasteiger partial charge in [-0.15, -0.1) is 0 Å². The summed E-state index contributed by atoms with van der Waals surface area (Å²) in [5.41, 5.74) is 3.97. The van der Waals surface area contributed by atoms with Crippen LogP contribution < -0.4 is 5.32 Å². The van der Waals surface area contributed by atoms with Crippen LogP contribution in [0, 0.1) is 13.8 Å². The second kappa shape index (κ2) is 7.11. The normalized spacial score (nSPS) is 12.6. The highest BCUT2D eigenvalue weighted by Crippen LogP contribution is 2.29. The number of hydrogen-bond acceptors (Lipinski definition) is 5. The van der Waals surface area contributed by atoms with E-state index in [1.54, 1.807) is 7.11 Å². The lowest BCUT2D eigenvalue weighted by Crippen LogP contribution is -2.24. The van der Waals surface area contributed by atoms with Crippen LogP contribution in [0.5, 0.6) is 0 Å². The Balaban J connectivity index is 2.46. The Morgan fingerprint density at radius 2 is 2.14 bits per heavy atom. The minimum atomic E-state index is -0.00655. The first-order valence-electron chi connectivity index (χ1n) is 6.76. The van der Waals surface area contributed by atoms with E-state index < -0.39 is 0 Å². The average Bonchev–Trinajstić information content (AvgIpc) is 2.83. The summed E-state index contributed by atoms with van der Waals surface area (Å²) in [6.07, 6.45) is 1.81. The summed E-state index contributed by atoms with van der Waals surface area (Å²) in [6, 6.07) is 2.05. The Kier molecular flexibility index (Phi) is 5.44. The standard InChI is InChI=1S/C14H20BrN5O/c1-9-7-11(10(2)19-18-9)13(16-3)14-12(15)8-17-20(14)5-6-21-4/h7-8,13,16H,5-6H2,1-4H3. The molecule has 1 atom stereocenters. The first-order chi connectivity index (χ1) is 10.1. The lowest BCUT2D eigenvalue weighted by molar-refractivity contribution is 0.182. The SMILES string of the molecule is CNC(c1cc(C)nnc1C)c1c(Br)cnn1CCOC. The van der Waals surface area contributed by atoms with Crippen LogP contribution in [-0.2, 0) is 11.3 Å². The number of nitrogens with one attached hydrogen (secondary N) is 1. The smallest absolute Gasteiger partial charge is 0.0776 e. The molecule has 114 valence electrons. The van der Waals surface area contributed by atoms with Crippen LogP contribution in [-0.4, -0.2) is 40.7 Å². The van der Waals surface area contributed by atoms with Gasteiger partial charge in [-0.2, -0.15) is 15.3 Å². The summed E-state index contributed by atoms with van der Waals surface area (Å²) in [5, 5.41) is 16.1. The number of rotatable bonds is 6. The molecule has 0 saturated carbocycles. The number of halogens is 1. The first kappa shape index (κ1) is 16.1. The predicted octanol–water partition coefficient (Wildman–Crippen LogP) is 2.01. The maximum Gasteiger partial charge on any atom is 0.0776 e. The van der Waals surface area contributed by atoms with E-state index in [1.807, 2.05) is 31.8 Å². The van der Waals surface area contributed by atoms with Crippen molar-refractivity contribution in [1.82, 2.24) is 25.3 Å². The van der Waals surface area contributed by atoms with E-state index in [1.165, 1.54) is 0 Å². The third-order valence-corrected chi connectivity index (χ3v) is 3.96. The molecule has 1 unspecified atom stereocenters. The van der Waals surface area contributed by atoms with Crippen LogP contribution in [0.3, 0.4) is 0 Å². The van der Waals surface area contributed by atoms with E-state index in [4.69, 9.17) is 4.74 Å². The zero-order valence-corrected chi connectivity index (χ0v) is 14.3. The summed E-state index contributed by atoms with van der Waals surface area (Å²) in [7, 11) is 3.62. The zero-order chi connectivity index (χ0) is 15.4. The number of hydrogen-bond donors (Lipinski definition) is 1. The van der Waals surface area contributed by atoms with Gasteiger partial charge in [0.2, 0.25) is 0 Å². The van der Waals surface area contributed by atoms with E-state index in [2.05, 4.69) is 42.6 Å². The molecule has 0 amide bonds. The quantitative estimate of drug-likeness (QED) is 0.860. The molecule has 0 saturated heterocycles. The van der Waals surface area contributed by atoms with Gasteiger partial charge in [0.25, 0.3) is 0 Å². The summed E-state index contributed by atoms with van der Waals surface area (Å²) in [6.45, 7) is 5.23. The maximum absolute atomic E-state index is 5.15. The van der Waals surface area contributed by atoms with E-state index >= 15 is 0 Å². The number of aromatic nitrogens is 4. The Hall–Kier alpha value is -1.31. The molecule has 21 heavy (non-hydrogen) atoms. The molecule has 0 fully saturated rings. The second-order valence-corrected chi connectivity index (χ2v) is 5.70. The predicted molar refractivity (Wildman–Crippen MR) is 84.2 cm³/mol. The van der Waals surface area contributed by atoms with Crippen molar-refractivity contribution in [2.45, 2.75) is 26.4 Å². The highest BCUT2D eigenvalue weighted by molar-refractivity contribution is 9.10. The van der Waals surface area contributed by atoms with Crippen molar-refractivity contribution in [3.05, 3.63) is 39.4 Å². The molecule has 2 aromatic rings. The molecule has 0 aromatic carbocycles. The van der Waals surface area contributed by atoms with Gasteiger partial charge < -0.3 is 10.1 Å². The van der Waals surface area contributed by atoms with Crippen molar-refractivity contribution in [3.8, 4) is 0 Å². The Labute approximate surface area is 133 Å². The third kappa shape index (κ3) is 3.48. The molecule has 0 aliphatic rings. The zero-order valence-electron chi connectivity index (χ0n) is 12.7. The number of aryl methyl sites for hydroxylation is 2. The summed E-state index contributed by atoms with van der Waals surface area (Å²) < 4.78 is 8.07.